The first-order valence-corrected chi connectivity index (χ1v) is 6.22. The SMILES string of the molecule is CC(C)Oc1ccnc(NCc2cc(F)ccc2F)n1. The van der Waals surface area contributed by atoms with Crippen LogP contribution < -0.4 is 10.1 Å². The number of halogens is 2. The van der Waals surface area contributed by atoms with Crippen molar-refractivity contribution in [1.82, 2.24) is 9.97 Å². The standard InChI is InChI=1S/C14H15F2N3O/c1-9(2)20-13-5-6-17-14(19-13)18-8-10-7-11(15)3-4-12(10)16/h3-7,9H,8H2,1-2H3,(H,17,18,19). The van der Waals surface area contributed by atoms with Gasteiger partial charge in [-0.25, -0.2) is 13.8 Å². The van der Waals surface area contributed by atoms with Crippen molar-refractivity contribution in [3.63, 3.8) is 0 Å². The second-order valence-electron chi connectivity index (χ2n) is 4.47. The van der Waals surface area contributed by atoms with Crippen molar-refractivity contribution >= 4 is 5.95 Å². The number of aromatic nitrogens is 2. The first kappa shape index (κ1) is 14.2. The Morgan fingerprint density at radius 3 is 2.80 bits per heavy atom. The summed E-state index contributed by atoms with van der Waals surface area (Å²) in [4.78, 5) is 8.11. The first-order valence-electron chi connectivity index (χ1n) is 6.22. The molecule has 1 aromatic heterocycles. The molecule has 0 bridgehead atoms. The lowest BCUT2D eigenvalue weighted by Gasteiger charge is -2.10. The van der Waals surface area contributed by atoms with Gasteiger partial charge in [0.15, 0.2) is 0 Å². The molecule has 6 heteroatoms. The van der Waals surface area contributed by atoms with Crippen LogP contribution in [-0.2, 0) is 6.54 Å². The summed E-state index contributed by atoms with van der Waals surface area (Å²) in [5, 5.41) is 2.83. The molecule has 0 aliphatic carbocycles. The molecule has 4 nitrogen and oxygen atoms in total. The number of ether oxygens (including phenoxy) is 1. The summed E-state index contributed by atoms with van der Waals surface area (Å²) in [5.74, 6) is -0.237. The van der Waals surface area contributed by atoms with E-state index < -0.39 is 11.6 Å². The van der Waals surface area contributed by atoms with Crippen LogP contribution in [0.1, 0.15) is 19.4 Å². The fraction of sp³-hybridized carbons (Fsp3) is 0.286. The predicted molar refractivity (Wildman–Crippen MR) is 71.5 cm³/mol. The Bertz CT molecular complexity index is 590. The Morgan fingerprint density at radius 2 is 2.05 bits per heavy atom. The monoisotopic (exact) mass is 279 g/mol. The van der Waals surface area contributed by atoms with Crippen LogP contribution in [0.15, 0.2) is 30.5 Å². The molecule has 106 valence electrons. The van der Waals surface area contributed by atoms with Gasteiger partial charge in [-0.2, -0.15) is 4.98 Å². The van der Waals surface area contributed by atoms with Gasteiger partial charge in [-0.3, -0.25) is 0 Å². The van der Waals surface area contributed by atoms with Crippen molar-refractivity contribution in [2.24, 2.45) is 0 Å². The van der Waals surface area contributed by atoms with Gasteiger partial charge in [0.2, 0.25) is 11.8 Å². The largest absolute Gasteiger partial charge is 0.475 e. The van der Waals surface area contributed by atoms with E-state index in [4.69, 9.17) is 4.74 Å². The van der Waals surface area contributed by atoms with Crippen LogP contribution in [0.2, 0.25) is 0 Å². The zero-order valence-electron chi connectivity index (χ0n) is 11.2. The quantitative estimate of drug-likeness (QED) is 0.913. The smallest absolute Gasteiger partial charge is 0.226 e. The van der Waals surface area contributed by atoms with Gasteiger partial charge in [-0.05, 0) is 32.0 Å². The van der Waals surface area contributed by atoms with Crippen LogP contribution in [0.5, 0.6) is 5.88 Å². The number of hydrogen-bond donors (Lipinski definition) is 1. The molecular weight excluding hydrogens is 264 g/mol. The van der Waals surface area contributed by atoms with Crippen LogP contribution >= 0.6 is 0 Å². The molecule has 0 aliphatic rings. The molecule has 0 saturated carbocycles. The number of benzene rings is 1. The predicted octanol–water partition coefficient (Wildman–Crippen LogP) is 3.15. The van der Waals surface area contributed by atoms with E-state index in [1.54, 1.807) is 6.07 Å². The molecule has 2 aromatic rings. The molecule has 2 rings (SSSR count). The molecule has 1 N–H and O–H groups in total. The van der Waals surface area contributed by atoms with Crippen molar-refractivity contribution in [3.05, 3.63) is 47.7 Å². The summed E-state index contributed by atoms with van der Waals surface area (Å²) in [6.45, 7) is 3.86. The van der Waals surface area contributed by atoms with Crippen molar-refractivity contribution in [1.29, 1.82) is 0 Å². The molecular formula is C14H15F2N3O. The Kier molecular flexibility index (Phi) is 4.45. The summed E-state index contributed by atoms with van der Waals surface area (Å²) < 4.78 is 31.9. The second kappa shape index (κ2) is 6.27. The zero-order valence-corrected chi connectivity index (χ0v) is 11.2. The molecule has 0 amide bonds. The maximum atomic E-state index is 13.5. The zero-order chi connectivity index (χ0) is 14.5. The molecule has 0 saturated heterocycles. The van der Waals surface area contributed by atoms with Gasteiger partial charge in [0.1, 0.15) is 11.6 Å². The summed E-state index contributed by atoms with van der Waals surface area (Å²) >= 11 is 0. The fourth-order valence-electron chi connectivity index (χ4n) is 1.59. The van der Waals surface area contributed by atoms with Gasteiger partial charge in [-0.1, -0.05) is 0 Å². The van der Waals surface area contributed by atoms with Crippen LogP contribution in [0.4, 0.5) is 14.7 Å². The van der Waals surface area contributed by atoms with Crippen molar-refractivity contribution < 1.29 is 13.5 Å². The highest BCUT2D eigenvalue weighted by Gasteiger charge is 2.06. The number of rotatable bonds is 5. The minimum atomic E-state index is -0.485. The lowest BCUT2D eigenvalue weighted by molar-refractivity contribution is 0.232. The van der Waals surface area contributed by atoms with Gasteiger partial charge >= 0.3 is 0 Å². The second-order valence-corrected chi connectivity index (χ2v) is 4.47. The third-order valence-corrected chi connectivity index (χ3v) is 2.43. The summed E-state index contributed by atoms with van der Waals surface area (Å²) in [7, 11) is 0. The van der Waals surface area contributed by atoms with E-state index in [0.717, 1.165) is 18.2 Å². The van der Waals surface area contributed by atoms with E-state index >= 15 is 0 Å². The van der Waals surface area contributed by atoms with E-state index in [1.807, 2.05) is 13.8 Å². The van der Waals surface area contributed by atoms with Crippen molar-refractivity contribution in [2.75, 3.05) is 5.32 Å². The van der Waals surface area contributed by atoms with E-state index in [-0.39, 0.29) is 18.2 Å². The van der Waals surface area contributed by atoms with E-state index in [2.05, 4.69) is 15.3 Å². The van der Waals surface area contributed by atoms with Crippen molar-refractivity contribution in [2.45, 2.75) is 26.5 Å². The molecule has 0 radical (unpaired) electrons. The highest BCUT2D eigenvalue weighted by atomic mass is 19.1. The van der Waals surface area contributed by atoms with Crippen molar-refractivity contribution in [3.8, 4) is 5.88 Å². The maximum Gasteiger partial charge on any atom is 0.226 e. The molecule has 0 unspecified atom stereocenters. The molecule has 0 aliphatic heterocycles. The molecule has 0 fully saturated rings. The minimum Gasteiger partial charge on any atom is -0.475 e. The topological polar surface area (TPSA) is 47.0 Å². The lowest BCUT2D eigenvalue weighted by Crippen LogP contribution is -2.09. The number of hydrogen-bond acceptors (Lipinski definition) is 4. The van der Waals surface area contributed by atoms with E-state index in [1.165, 1.54) is 6.20 Å². The van der Waals surface area contributed by atoms with Crippen LogP contribution in [0, 0.1) is 11.6 Å². The minimum absolute atomic E-state index is 0.00147. The average molecular weight is 279 g/mol. The van der Waals surface area contributed by atoms with E-state index in [9.17, 15) is 8.78 Å². The third-order valence-electron chi connectivity index (χ3n) is 2.43. The normalized spacial score (nSPS) is 10.7. The summed E-state index contributed by atoms with van der Waals surface area (Å²) in [6, 6.07) is 4.93. The van der Waals surface area contributed by atoms with Gasteiger partial charge in [0.05, 0.1) is 6.10 Å². The van der Waals surface area contributed by atoms with Gasteiger partial charge in [0, 0.05) is 24.4 Å². The molecule has 20 heavy (non-hydrogen) atoms. The summed E-state index contributed by atoms with van der Waals surface area (Å²) in [5.41, 5.74) is 0.212. The van der Waals surface area contributed by atoms with Gasteiger partial charge in [-0.15, -0.1) is 0 Å². The van der Waals surface area contributed by atoms with Gasteiger partial charge < -0.3 is 10.1 Å². The maximum absolute atomic E-state index is 13.5. The van der Waals surface area contributed by atoms with Crippen LogP contribution in [0.3, 0.4) is 0 Å². The number of nitrogens with one attached hydrogen (secondary N) is 1. The van der Waals surface area contributed by atoms with E-state index in [0.29, 0.717) is 11.8 Å². The number of nitrogens with zero attached hydrogens (tertiary/aromatic N) is 2. The molecule has 1 heterocycles. The fourth-order valence-corrected chi connectivity index (χ4v) is 1.59. The molecule has 0 spiro atoms. The van der Waals surface area contributed by atoms with Crippen LogP contribution in [-0.4, -0.2) is 16.1 Å². The van der Waals surface area contributed by atoms with Crippen LogP contribution in [0.25, 0.3) is 0 Å². The lowest BCUT2D eigenvalue weighted by atomic mass is 10.2. The Morgan fingerprint density at radius 1 is 1.25 bits per heavy atom. The molecule has 0 atom stereocenters. The Labute approximate surface area is 115 Å². The molecule has 1 aromatic carbocycles. The highest BCUT2D eigenvalue weighted by Crippen LogP contribution is 2.13. The first-order chi connectivity index (χ1) is 9.54. The Hall–Kier alpha value is -2.24. The average Bonchev–Trinajstić information content (AvgIpc) is 2.39. The highest BCUT2D eigenvalue weighted by molar-refractivity contribution is 5.30. The third kappa shape index (κ3) is 3.88. The summed E-state index contributed by atoms with van der Waals surface area (Å²) in [6.07, 6.45) is 1.54. The van der Waals surface area contributed by atoms with Gasteiger partial charge in [0.25, 0.3) is 0 Å². The number of anilines is 1. The Balaban J connectivity index is 2.05.